The summed E-state index contributed by atoms with van der Waals surface area (Å²) in [5.41, 5.74) is 2.53. The first kappa shape index (κ1) is 22.0. The lowest BCUT2D eigenvalue weighted by Gasteiger charge is -2.31. The molecule has 1 N–H and O–H groups in total. The first-order valence-electron chi connectivity index (χ1n) is 9.80. The number of rotatable bonds is 5. The third kappa shape index (κ3) is 3.55. The fraction of sp³-hybridized carbons (Fsp3) is 0.174. The van der Waals surface area contributed by atoms with E-state index in [4.69, 9.17) is 21.1 Å². The largest absolute Gasteiger partial charge is 0.495 e. The molecule has 0 aliphatic carbocycles. The highest BCUT2D eigenvalue weighted by Crippen LogP contribution is 2.43. The number of sulfonamides is 1. The third-order valence-electron chi connectivity index (χ3n) is 5.28. The van der Waals surface area contributed by atoms with E-state index in [9.17, 15) is 13.2 Å². The Kier molecular flexibility index (Phi) is 5.75. The Hall–Kier alpha value is -3.23. The van der Waals surface area contributed by atoms with Crippen LogP contribution in [0.2, 0.25) is 5.02 Å². The van der Waals surface area contributed by atoms with Crippen molar-refractivity contribution in [1.82, 2.24) is 0 Å². The number of fused-ring (bicyclic) bond motifs is 3. The van der Waals surface area contributed by atoms with Crippen LogP contribution in [-0.2, 0) is 10.0 Å². The van der Waals surface area contributed by atoms with Gasteiger partial charge in [0, 0.05) is 35.4 Å². The van der Waals surface area contributed by atoms with Gasteiger partial charge < -0.3 is 14.8 Å². The summed E-state index contributed by atoms with van der Waals surface area (Å²) >= 11 is 6.14. The number of nitrogens with zero attached hydrogens (tertiary/aromatic N) is 1. The van der Waals surface area contributed by atoms with Gasteiger partial charge in [0.15, 0.2) is 0 Å². The highest BCUT2D eigenvalue weighted by molar-refractivity contribution is 7.93. The molecule has 0 saturated heterocycles. The Morgan fingerprint density at radius 1 is 1.00 bits per heavy atom. The molecule has 0 spiro atoms. The fourth-order valence-electron chi connectivity index (χ4n) is 3.77. The van der Waals surface area contributed by atoms with Crippen LogP contribution in [0, 0.1) is 0 Å². The maximum absolute atomic E-state index is 13.1. The highest BCUT2D eigenvalue weighted by atomic mass is 35.5. The number of carbonyl (C=O) groups is 1. The van der Waals surface area contributed by atoms with Gasteiger partial charge >= 0.3 is 0 Å². The first-order valence-corrected chi connectivity index (χ1v) is 11.6. The number of ether oxygens (including phenoxy) is 2. The van der Waals surface area contributed by atoms with E-state index in [1.165, 1.54) is 18.5 Å². The Balaban J connectivity index is 1.77. The van der Waals surface area contributed by atoms with Gasteiger partial charge in [-0.15, -0.1) is 0 Å². The molecule has 0 atom stereocenters. The Morgan fingerprint density at radius 3 is 2.41 bits per heavy atom. The van der Waals surface area contributed by atoms with Crippen LogP contribution in [0.25, 0.3) is 11.1 Å². The second-order valence-corrected chi connectivity index (χ2v) is 9.28. The summed E-state index contributed by atoms with van der Waals surface area (Å²) in [5, 5.41) is 3.17. The van der Waals surface area contributed by atoms with Crippen molar-refractivity contribution in [2.45, 2.75) is 11.8 Å². The summed E-state index contributed by atoms with van der Waals surface area (Å²) in [4.78, 5) is 13.3. The van der Waals surface area contributed by atoms with Gasteiger partial charge in [0.05, 0.1) is 35.5 Å². The minimum absolute atomic E-state index is 0.219. The maximum Gasteiger partial charge on any atom is 0.264 e. The van der Waals surface area contributed by atoms with Crippen LogP contribution in [0.4, 0.5) is 11.4 Å². The molecule has 0 radical (unpaired) electrons. The van der Waals surface area contributed by atoms with Gasteiger partial charge in [0.25, 0.3) is 15.9 Å². The van der Waals surface area contributed by atoms with E-state index in [0.717, 1.165) is 0 Å². The fourth-order valence-corrected chi connectivity index (χ4v) is 5.70. The molecular weight excluding hydrogens is 452 g/mol. The van der Waals surface area contributed by atoms with Crippen molar-refractivity contribution >= 4 is 38.9 Å². The van der Waals surface area contributed by atoms with Crippen LogP contribution in [0.5, 0.6) is 11.5 Å². The molecule has 0 unspecified atom stereocenters. The van der Waals surface area contributed by atoms with Crippen molar-refractivity contribution in [3.8, 4) is 22.6 Å². The summed E-state index contributed by atoms with van der Waals surface area (Å²) in [6.45, 7) is 2.05. The Morgan fingerprint density at radius 2 is 1.72 bits per heavy atom. The second kappa shape index (κ2) is 8.37. The number of amides is 1. The van der Waals surface area contributed by atoms with Gasteiger partial charge in [-0.05, 0) is 31.2 Å². The van der Waals surface area contributed by atoms with Crippen LogP contribution in [0.3, 0.4) is 0 Å². The molecule has 7 nitrogen and oxygen atoms in total. The van der Waals surface area contributed by atoms with Crippen molar-refractivity contribution in [3.63, 3.8) is 0 Å². The number of carbonyl (C=O) groups excluding carboxylic acids is 1. The quantitative estimate of drug-likeness (QED) is 0.576. The molecule has 166 valence electrons. The van der Waals surface area contributed by atoms with Crippen LogP contribution in [-0.4, -0.2) is 35.1 Å². The van der Waals surface area contributed by atoms with E-state index >= 15 is 0 Å². The van der Waals surface area contributed by atoms with Crippen molar-refractivity contribution in [2.75, 3.05) is 30.4 Å². The maximum atomic E-state index is 13.1. The monoisotopic (exact) mass is 472 g/mol. The zero-order chi connectivity index (χ0) is 23.0. The van der Waals surface area contributed by atoms with Gasteiger partial charge in [-0.1, -0.05) is 29.8 Å². The van der Waals surface area contributed by atoms with E-state index in [0.29, 0.717) is 44.6 Å². The number of benzene rings is 3. The standard InChI is InChI=1S/C23H21ClN2O5S/c1-4-26-19-10-9-14(11-16(19)15-7-5-6-8-22(15)32(26,28)29)23(27)25-18-13-20(30-2)17(24)12-21(18)31-3/h5-13H,4H2,1-3H3,(H,25,27). The summed E-state index contributed by atoms with van der Waals surface area (Å²) in [5.74, 6) is 0.395. The lowest BCUT2D eigenvalue weighted by molar-refractivity contribution is 0.102. The average molecular weight is 473 g/mol. The van der Waals surface area contributed by atoms with Crippen molar-refractivity contribution in [2.24, 2.45) is 0 Å². The molecule has 0 fully saturated rings. The Bertz CT molecular complexity index is 1320. The molecule has 0 bridgehead atoms. The molecule has 3 aromatic rings. The lowest BCUT2D eigenvalue weighted by atomic mass is 10.00. The Labute approximate surface area is 191 Å². The molecule has 0 aromatic heterocycles. The molecule has 9 heteroatoms. The molecule has 1 amide bonds. The lowest BCUT2D eigenvalue weighted by Crippen LogP contribution is -2.34. The molecule has 1 heterocycles. The van der Waals surface area contributed by atoms with Gasteiger partial charge in [-0.25, -0.2) is 8.42 Å². The summed E-state index contributed by atoms with van der Waals surface area (Å²) in [6.07, 6.45) is 0. The molecule has 32 heavy (non-hydrogen) atoms. The zero-order valence-corrected chi connectivity index (χ0v) is 19.3. The normalized spacial score (nSPS) is 13.7. The van der Waals surface area contributed by atoms with E-state index < -0.39 is 10.0 Å². The van der Waals surface area contributed by atoms with Crippen LogP contribution >= 0.6 is 11.6 Å². The van der Waals surface area contributed by atoms with Crippen LogP contribution in [0.1, 0.15) is 17.3 Å². The van der Waals surface area contributed by atoms with Crippen molar-refractivity contribution in [1.29, 1.82) is 0 Å². The molecule has 1 aliphatic rings. The number of halogens is 1. The number of nitrogens with one attached hydrogen (secondary N) is 1. The van der Waals surface area contributed by atoms with Crippen molar-refractivity contribution < 1.29 is 22.7 Å². The van der Waals surface area contributed by atoms with Gasteiger partial charge in [0.1, 0.15) is 11.5 Å². The third-order valence-corrected chi connectivity index (χ3v) is 7.52. The first-order chi connectivity index (χ1) is 15.3. The van der Waals surface area contributed by atoms with Gasteiger partial charge in [-0.2, -0.15) is 0 Å². The van der Waals surface area contributed by atoms with Crippen molar-refractivity contribution in [3.05, 3.63) is 65.2 Å². The number of hydrogen-bond acceptors (Lipinski definition) is 5. The second-order valence-electron chi connectivity index (χ2n) is 7.04. The number of methoxy groups -OCH3 is 2. The molecular formula is C23H21ClN2O5S. The summed E-state index contributed by atoms with van der Waals surface area (Å²) in [7, 11) is -0.703. The smallest absolute Gasteiger partial charge is 0.264 e. The van der Waals surface area contributed by atoms with E-state index in [1.807, 2.05) is 0 Å². The highest BCUT2D eigenvalue weighted by Gasteiger charge is 2.34. The van der Waals surface area contributed by atoms with Gasteiger partial charge in [0.2, 0.25) is 0 Å². The minimum Gasteiger partial charge on any atom is -0.495 e. The van der Waals surface area contributed by atoms with Gasteiger partial charge in [-0.3, -0.25) is 9.10 Å². The van der Waals surface area contributed by atoms with E-state index in [2.05, 4.69) is 5.32 Å². The minimum atomic E-state index is -3.66. The zero-order valence-electron chi connectivity index (χ0n) is 17.7. The predicted molar refractivity (Wildman–Crippen MR) is 125 cm³/mol. The molecule has 0 saturated carbocycles. The molecule has 1 aliphatic heterocycles. The number of anilines is 2. The molecule has 4 rings (SSSR count). The van der Waals surface area contributed by atoms with Crippen LogP contribution in [0.15, 0.2) is 59.5 Å². The van der Waals surface area contributed by atoms with E-state index in [1.54, 1.807) is 61.5 Å². The summed E-state index contributed by atoms with van der Waals surface area (Å²) in [6, 6.07) is 14.9. The summed E-state index contributed by atoms with van der Waals surface area (Å²) < 4.78 is 38.0. The average Bonchev–Trinajstić information content (AvgIpc) is 2.79. The van der Waals surface area contributed by atoms with E-state index in [-0.39, 0.29) is 17.3 Å². The predicted octanol–water partition coefficient (Wildman–Crippen LogP) is 4.81. The number of hydrogen-bond donors (Lipinski definition) is 1. The SMILES string of the molecule is CCN1c2ccc(C(=O)Nc3cc(OC)c(Cl)cc3OC)cc2-c2ccccc2S1(=O)=O. The topological polar surface area (TPSA) is 84.9 Å². The molecule has 3 aromatic carbocycles. The van der Waals surface area contributed by atoms with Crippen LogP contribution < -0.4 is 19.1 Å².